The van der Waals surface area contributed by atoms with Crippen LogP contribution in [0.3, 0.4) is 0 Å². The number of benzene rings is 2. The SMILES string of the molecule is Cc1ccc(SCc2cccc(C(N)=O)c2)cc1C(=O)O. The van der Waals surface area contributed by atoms with Crippen LogP contribution in [0.25, 0.3) is 0 Å². The maximum absolute atomic E-state index is 11.1. The van der Waals surface area contributed by atoms with Gasteiger partial charge >= 0.3 is 5.97 Å². The van der Waals surface area contributed by atoms with E-state index in [4.69, 9.17) is 10.8 Å². The number of aryl methyl sites for hydroxylation is 1. The summed E-state index contributed by atoms with van der Waals surface area (Å²) in [6.45, 7) is 1.77. The molecule has 0 saturated carbocycles. The van der Waals surface area contributed by atoms with Gasteiger partial charge in [-0.25, -0.2) is 4.79 Å². The molecule has 2 aromatic rings. The molecule has 0 aliphatic rings. The molecule has 0 saturated heterocycles. The summed E-state index contributed by atoms with van der Waals surface area (Å²) in [5.74, 6) is -0.737. The molecule has 0 bridgehead atoms. The van der Waals surface area contributed by atoms with Gasteiger partial charge in [-0.2, -0.15) is 0 Å². The quantitative estimate of drug-likeness (QED) is 0.832. The van der Waals surface area contributed by atoms with Crippen LogP contribution >= 0.6 is 11.8 Å². The summed E-state index contributed by atoms with van der Waals surface area (Å²) in [6.07, 6.45) is 0. The molecule has 3 N–H and O–H groups in total. The van der Waals surface area contributed by atoms with Gasteiger partial charge in [-0.3, -0.25) is 4.79 Å². The first-order valence-electron chi connectivity index (χ1n) is 6.33. The van der Waals surface area contributed by atoms with E-state index in [9.17, 15) is 9.59 Å². The van der Waals surface area contributed by atoms with Crippen molar-refractivity contribution in [3.63, 3.8) is 0 Å². The smallest absolute Gasteiger partial charge is 0.335 e. The number of thioether (sulfide) groups is 1. The van der Waals surface area contributed by atoms with Crippen molar-refractivity contribution in [1.29, 1.82) is 0 Å². The number of primary amides is 1. The van der Waals surface area contributed by atoms with E-state index in [1.54, 1.807) is 37.3 Å². The maximum atomic E-state index is 11.1. The lowest BCUT2D eigenvalue weighted by molar-refractivity contribution is 0.0695. The van der Waals surface area contributed by atoms with Crippen LogP contribution in [0, 0.1) is 6.92 Å². The first-order chi connectivity index (χ1) is 9.97. The second kappa shape index (κ2) is 6.45. The first kappa shape index (κ1) is 15.1. The van der Waals surface area contributed by atoms with E-state index in [2.05, 4.69) is 0 Å². The van der Waals surface area contributed by atoms with E-state index in [1.807, 2.05) is 12.1 Å². The minimum atomic E-state index is -0.925. The number of carbonyl (C=O) groups excluding carboxylic acids is 1. The normalized spacial score (nSPS) is 10.3. The van der Waals surface area contributed by atoms with Crippen LogP contribution in [0.1, 0.15) is 31.8 Å². The fourth-order valence-electron chi connectivity index (χ4n) is 1.90. The van der Waals surface area contributed by atoms with Crippen molar-refractivity contribution in [3.8, 4) is 0 Å². The molecule has 0 fully saturated rings. The Bertz CT molecular complexity index is 698. The van der Waals surface area contributed by atoms with Crippen LogP contribution in [-0.2, 0) is 5.75 Å². The molecular weight excluding hydrogens is 286 g/mol. The predicted octanol–water partition coefficient (Wildman–Crippen LogP) is 3.08. The van der Waals surface area contributed by atoms with Crippen LogP contribution in [0.4, 0.5) is 0 Å². The third-order valence-electron chi connectivity index (χ3n) is 3.06. The zero-order valence-electron chi connectivity index (χ0n) is 11.5. The largest absolute Gasteiger partial charge is 0.478 e. The van der Waals surface area contributed by atoms with E-state index < -0.39 is 11.9 Å². The molecule has 0 aromatic heterocycles. The van der Waals surface area contributed by atoms with Gasteiger partial charge in [-0.15, -0.1) is 11.8 Å². The Balaban J connectivity index is 2.13. The van der Waals surface area contributed by atoms with Crippen molar-refractivity contribution in [1.82, 2.24) is 0 Å². The number of hydrogen-bond donors (Lipinski definition) is 2. The van der Waals surface area contributed by atoms with Gasteiger partial charge in [-0.1, -0.05) is 18.2 Å². The summed E-state index contributed by atoms with van der Waals surface area (Å²) in [7, 11) is 0. The lowest BCUT2D eigenvalue weighted by atomic mass is 10.1. The molecule has 2 rings (SSSR count). The van der Waals surface area contributed by atoms with Gasteiger partial charge in [0.15, 0.2) is 0 Å². The molecule has 0 atom stereocenters. The number of nitrogens with two attached hydrogens (primary N) is 1. The Morgan fingerprint density at radius 1 is 1.19 bits per heavy atom. The fourth-order valence-corrected chi connectivity index (χ4v) is 2.78. The molecule has 0 unspecified atom stereocenters. The highest BCUT2D eigenvalue weighted by molar-refractivity contribution is 7.98. The van der Waals surface area contributed by atoms with Crippen molar-refractivity contribution in [3.05, 3.63) is 64.7 Å². The van der Waals surface area contributed by atoms with Gasteiger partial charge in [0.25, 0.3) is 0 Å². The lowest BCUT2D eigenvalue weighted by Gasteiger charge is -2.06. The second-order valence-electron chi connectivity index (χ2n) is 4.64. The number of rotatable bonds is 5. The topological polar surface area (TPSA) is 80.4 Å². The Morgan fingerprint density at radius 3 is 2.62 bits per heavy atom. The van der Waals surface area contributed by atoms with Crippen LogP contribution in [0.15, 0.2) is 47.4 Å². The molecule has 0 aliphatic carbocycles. The average molecular weight is 301 g/mol. The van der Waals surface area contributed by atoms with E-state index in [-0.39, 0.29) is 0 Å². The number of carbonyl (C=O) groups is 2. The summed E-state index contributed by atoms with van der Waals surface area (Å²) in [6, 6.07) is 12.5. The molecule has 0 aliphatic heterocycles. The Hall–Kier alpha value is -2.27. The summed E-state index contributed by atoms with van der Waals surface area (Å²) in [4.78, 5) is 23.1. The van der Waals surface area contributed by atoms with E-state index >= 15 is 0 Å². The molecule has 0 spiro atoms. The van der Waals surface area contributed by atoms with E-state index in [0.717, 1.165) is 16.0 Å². The third kappa shape index (κ3) is 3.86. The average Bonchev–Trinajstić information content (AvgIpc) is 2.46. The van der Waals surface area contributed by atoms with E-state index in [1.165, 1.54) is 11.8 Å². The van der Waals surface area contributed by atoms with Crippen LogP contribution in [0.2, 0.25) is 0 Å². The molecule has 1 amide bonds. The zero-order chi connectivity index (χ0) is 15.4. The molecule has 0 radical (unpaired) electrons. The number of carboxylic acids is 1. The number of aromatic carboxylic acids is 1. The minimum Gasteiger partial charge on any atom is -0.478 e. The monoisotopic (exact) mass is 301 g/mol. The van der Waals surface area contributed by atoms with Gasteiger partial charge in [0.1, 0.15) is 0 Å². The zero-order valence-corrected chi connectivity index (χ0v) is 12.3. The number of amides is 1. The van der Waals surface area contributed by atoms with Gasteiger partial charge in [0, 0.05) is 16.2 Å². The Kier molecular flexibility index (Phi) is 4.65. The van der Waals surface area contributed by atoms with Crippen LogP contribution < -0.4 is 5.73 Å². The van der Waals surface area contributed by atoms with E-state index in [0.29, 0.717) is 16.9 Å². The fraction of sp³-hybridized carbons (Fsp3) is 0.125. The number of carboxylic acid groups (broad SMARTS) is 1. The molecule has 5 heteroatoms. The lowest BCUT2D eigenvalue weighted by Crippen LogP contribution is -2.10. The molecule has 108 valence electrons. The van der Waals surface area contributed by atoms with Crippen LogP contribution in [-0.4, -0.2) is 17.0 Å². The number of hydrogen-bond acceptors (Lipinski definition) is 3. The summed E-state index contributed by atoms with van der Waals surface area (Å²) in [5.41, 5.74) is 7.74. The van der Waals surface area contributed by atoms with Crippen molar-refractivity contribution in [2.75, 3.05) is 0 Å². The van der Waals surface area contributed by atoms with Gasteiger partial charge in [0.05, 0.1) is 5.56 Å². The van der Waals surface area contributed by atoms with Crippen molar-refractivity contribution in [2.45, 2.75) is 17.6 Å². The van der Waals surface area contributed by atoms with Crippen LogP contribution in [0.5, 0.6) is 0 Å². The highest BCUT2D eigenvalue weighted by atomic mass is 32.2. The third-order valence-corrected chi connectivity index (χ3v) is 4.12. The van der Waals surface area contributed by atoms with Gasteiger partial charge in [0.2, 0.25) is 5.91 Å². The molecule has 2 aromatic carbocycles. The Morgan fingerprint density at radius 2 is 1.95 bits per heavy atom. The molecule has 21 heavy (non-hydrogen) atoms. The predicted molar refractivity (Wildman–Crippen MR) is 82.7 cm³/mol. The first-order valence-corrected chi connectivity index (χ1v) is 7.31. The highest BCUT2D eigenvalue weighted by Gasteiger charge is 2.08. The van der Waals surface area contributed by atoms with Crippen molar-refractivity contribution in [2.24, 2.45) is 5.73 Å². The highest BCUT2D eigenvalue weighted by Crippen LogP contribution is 2.25. The Labute approximate surface area is 127 Å². The minimum absolute atomic E-state index is 0.311. The van der Waals surface area contributed by atoms with Gasteiger partial charge < -0.3 is 10.8 Å². The standard InChI is InChI=1S/C16H15NO3S/c1-10-5-6-13(8-14(10)16(19)20)21-9-11-3-2-4-12(7-11)15(17)18/h2-8H,9H2,1H3,(H2,17,18)(H,19,20). The second-order valence-corrected chi connectivity index (χ2v) is 5.68. The summed E-state index contributed by atoms with van der Waals surface area (Å²) in [5, 5.41) is 9.11. The molecular formula is C16H15NO3S. The summed E-state index contributed by atoms with van der Waals surface area (Å²) >= 11 is 1.52. The van der Waals surface area contributed by atoms with Crippen molar-refractivity contribution < 1.29 is 14.7 Å². The van der Waals surface area contributed by atoms with Crippen molar-refractivity contribution >= 4 is 23.6 Å². The molecule has 4 nitrogen and oxygen atoms in total. The van der Waals surface area contributed by atoms with Gasteiger partial charge in [-0.05, 0) is 42.3 Å². The summed E-state index contributed by atoms with van der Waals surface area (Å²) < 4.78 is 0. The maximum Gasteiger partial charge on any atom is 0.335 e. The molecule has 0 heterocycles.